The van der Waals surface area contributed by atoms with Gasteiger partial charge in [-0.1, -0.05) is 6.42 Å². The predicted molar refractivity (Wildman–Crippen MR) is 101 cm³/mol. The Morgan fingerprint density at radius 1 is 1.00 bits per heavy atom. The first-order valence-electron chi connectivity index (χ1n) is 10.4. The third-order valence-electron chi connectivity index (χ3n) is 6.33. The van der Waals surface area contributed by atoms with Crippen molar-refractivity contribution >= 4 is 11.1 Å². The fourth-order valence-electron chi connectivity index (χ4n) is 4.53. The van der Waals surface area contributed by atoms with E-state index in [-0.39, 0.29) is 0 Å². The van der Waals surface area contributed by atoms with Crippen molar-refractivity contribution in [3.8, 4) is 5.75 Å². The molecule has 0 atom stereocenters. The van der Waals surface area contributed by atoms with Gasteiger partial charge in [-0.25, -0.2) is 4.98 Å². The number of ether oxygens (including phenoxy) is 1. The Bertz CT molecular complexity index is 741. The predicted octanol–water partition coefficient (Wildman–Crippen LogP) is 3.82. The molecular formula is C21H29N3O2. The van der Waals surface area contributed by atoms with Crippen LogP contribution in [0, 0.1) is 0 Å². The summed E-state index contributed by atoms with van der Waals surface area (Å²) in [5.74, 6) is 1.75. The maximum absolute atomic E-state index is 6.26. The monoisotopic (exact) mass is 355 g/mol. The van der Waals surface area contributed by atoms with Crippen LogP contribution in [0.25, 0.3) is 11.1 Å². The second-order valence-corrected chi connectivity index (χ2v) is 8.16. The van der Waals surface area contributed by atoms with Crippen LogP contribution in [0.15, 0.2) is 22.6 Å². The molecule has 5 rings (SSSR count). The fraction of sp³-hybridized carbons (Fsp3) is 0.667. The third-order valence-corrected chi connectivity index (χ3v) is 6.33. The molecule has 0 unspecified atom stereocenters. The maximum Gasteiger partial charge on any atom is 0.209 e. The molecular weight excluding hydrogens is 326 g/mol. The second kappa shape index (κ2) is 7.20. The lowest BCUT2D eigenvalue weighted by atomic mass is 9.90. The Kier molecular flexibility index (Phi) is 4.59. The van der Waals surface area contributed by atoms with Gasteiger partial charge in [0.05, 0.1) is 6.54 Å². The van der Waals surface area contributed by atoms with Crippen molar-refractivity contribution in [3.63, 3.8) is 0 Å². The largest absolute Gasteiger partial charge is 0.490 e. The van der Waals surface area contributed by atoms with E-state index in [1.54, 1.807) is 0 Å². The number of likely N-dealkylation sites (tertiary alicyclic amines) is 2. The summed E-state index contributed by atoms with van der Waals surface area (Å²) in [7, 11) is 0. The van der Waals surface area contributed by atoms with Crippen LogP contribution in [0.1, 0.15) is 50.8 Å². The molecule has 5 nitrogen and oxygen atoms in total. The molecule has 0 spiro atoms. The minimum absolute atomic E-state index is 0.329. The van der Waals surface area contributed by atoms with E-state index in [1.165, 1.54) is 45.2 Å². The Morgan fingerprint density at radius 3 is 2.54 bits per heavy atom. The minimum Gasteiger partial charge on any atom is -0.490 e. The highest BCUT2D eigenvalue weighted by Gasteiger charge is 2.29. The average molecular weight is 355 g/mol. The van der Waals surface area contributed by atoms with Crippen LogP contribution < -0.4 is 4.74 Å². The van der Waals surface area contributed by atoms with Crippen LogP contribution in [0.4, 0.5) is 0 Å². The maximum atomic E-state index is 6.26. The van der Waals surface area contributed by atoms with Gasteiger partial charge in [-0.3, -0.25) is 4.90 Å². The Balaban J connectivity index is 1.20. The zero-order valence-electron chi connectivity index (χ0n) is 15.5. The van der Waals surface area contributed by atoms with Crippen LogP contribution in [0.5, 0.6) is 5.75 Å². The quantitative estimate of drug-likeness (QED) is 0.816. The lowest BCUT2D eigenvalue weighted by Gasteiger charge is -2.41. The van der Waals surface area contributed by atoms with E-state index in [9.17, 15) is 0 Å². The molecule has 1 aromatic carbocycles. The van der Waals surface area contributed by atoms with Crippen LogP contribution >= 0.6 is 0 Å². The zero-order valence-corrected chi connectivity index (χ0v) is 15.5. The SMILES string of the molecule is c1cc2nc(CN3CCCC3)oc2cc1OC1CCN(C2CCC2)CC1. The number of rotatable bonds is 5. The molecule has 2 aromatic rings. The first-order chi connectivity index (χ1) is 12.8. The van der Waals surface area contributed by atoms with Gasteiger partial charge >= 0.3 is 0 Å². The standard InChI is InChI=1S/C21H29N3O2/c1-2-11-23(10-1)15-21-22-19-7-6-18(14-20(19)26-21)25-17-8-12-24(13-9-17)16-4-3-5-16/h6-7,14,16-17H,1-5,8-13,15H2. The van der Waals surface area contributed by atoms with Gasteiger partial charge in [0.25, 0.3) is 0 Å². The molecule has 2 saturated heterocycles. The lowest BCUT2D eigenvalue weighted by molar-refractivity contribution is 0.0494. The molecule has 1 aromatic heterocycles. The van der Waals surface area contributed by atoms with Gasteiger partial charge in [-0.2, -0.15) is 0 Å². The van der Waals surface area contributed by atoms with Crippen LogP contribution in [-0.2, 0) is 6.54 Å². The molecule has 5 heteroatoms. The Hall–Kier alpha value is -1.59. The normalized spacial score (nSPS) is 23.5. The summed E-state index contributed by atoms with van der Waals surface area (Å²) in [5, 5.41) is 0. The summed E-state index contributed by atoms with van der Waals surface area (Å²) in [4.78, 5) is 9.71. The molecule has 140 valence electrons. The Labute approximate surface area is 155 Å². The van der Waals surface area contributed by atoms with Crippen LogP contribution in [0.2, 0.25) is 0 Å². The molecule has 3 aliphatic rings. The zero-order chi connectivity index (χ0) is 17.3. The van der Waals surface area contributed by atoms with Crippen molar-refractivity contribution in [3.05, 3.63) is 24.1 Å². The van der Waals surface area contributed by atoms with E-state index in [1.807, 2.05) is 18.2 Å². The summed E-state index contributed by atoms with van der Waals surface area (Å²) in [6.45, 7) is 5.50. The summed E-state index contributed by atoms with van der Waals surface area (Å²) in [5.41, 5.74) is 1.79. The molecule has 1 saturated carbocycles. The first kappa shape index (κ1) is 16.6. The first-order valence-corrected chi connectivity index (χ1v) is 10.4. The van der Waals surface area contributed by atoms with Gasteiger partial charge in [0.2, 0.25) is 5.89 Å². The van der Waals surface area contributed by atoms with Crippen molar-refractivity contribution < 1.29 is 9.15 Å². The molecule has 0 radical (unpaired) electrons. The van der Waals surface area contributed by atoms with Gasteiger partial charge in [0.1, 0.15) is 17.4 Å². The summed E-state index contributed by atoms with van der Waals surface area (Å²) < 4.78 is 12.3. The third kappa shape index (κ3) is 3.47. The fourth-order valence-corrected chi connectivity index (χ4v) is 4.53. The summed E-state index contributed by atoms with van der Waals surface area (Å²) in [6.07, 6.45) is 9.38. The second-order valence-electron chi connectivity index (χ2n) is 8.16. The van der Waals surface area contributed by atoms with E-state index in [0.29, 0.717) is 6.10 Å². The molecule has 0 N–H and O–H groups in total. The highest BCUT2D eigenvalue weighted by molar-refractivity contribution is 5.74. The van der Waals surface area contributed by atoms with Gasteiger partial charge < -0.3 is 14.1 Å². The number of benzene rings is 1. The van der Waals surface area contributed by atoms with Crippen molar-refractivity contribution in [2.24, 2.45) is 0 Å². The van der Waals surface area contributed by atoms with Crippen molar-refractivity contribution in [1.82, 2.24) is 14.8 Å². The van der Waals surface area contributed by atoms with E-state index < -0.39 is 0 Å². The molecule has 1 aliphatic carbocycles. The van der Waals surface area contributed by atoms with Crippen molar-refractivity contribution in [1.29, 1.82) is 0 Å². The molecule has 2 aliphatic heterocycles. The number of piperidine rings is 1. The lowest BCUT2D eigenvalue weighted by Crippen LogP contribution is -2.46. The topological polar surface area (TPSA) is 41.7 Å². The minimum atomic E-state index is 0.329. The molecule has 3 fully saturated rings. The molecule has 3 heterocycles. The van der Waals surface area contributed by atoms with Gasteiger partial charge in [0.15, 0.2) is 5.58 Å². The summed E-state index contributed by atoms with van der Waals surface area (Å²) in [6, 6.07) is 6.96. The van der Waals surface area contributed by atoms with E-state index in [0.717, 1.165) is 61.3 Å². The molecule has 0 bridgehead atoms. The number of hydrogen-bond donors (Lipinski definition) is 0. The van der Waals surface area contributed by atoms with Crippen molar-refractivity contribution in [2.45, 2.75) is 63.6 Å². The smallest absolute Gasteiger partial charge is 0.209 e. The van der Waals surface area contributed by atoms with Gasteiger partial charge in [-0.05, 0) is 63.7 Å². The Morgan fingerprint density at radius 2 is 1.81 bits per heavy atom. The number of fused-ring (bicyclic) bond motifs is 1. The summed E-state index contributed by atoms with van der Waals surface area (Å²) >= 11 is 0. The van der Waals surface area contributed by atoms with E-state index >= 15 is 0 Å². The number of nitrogens with zero attached hydrogens (tertiary/aromatic N) is 3. The molecule has 26 heavy (non-hydrogen) atoms. The number of hydrogen-bond acceptors (Lipinski definition) is 5. The number of aromatic nitrogens is 1. The highest BCUT2D eigenvalue weighted by atomic mass is 16.5. The van der Waals surface area contributed by atoms with E-state index in [4.69, 9.17) is 9.15 Å². The van der Waals surface area contributed by atoms with Gasteiger partial charge in [-0.15, -0.1) is 0 Å². The highest BCUT2D eigenvalue weighted by Crippen LogP contribution is 2.29. The van der Waals surface area contributed by atoms with Gasteiger partial charge in [0, 0.05) is 25.2 Å². The van der Waals surface area contributed by atoms with E-state index in [2.05, 4.69) is 14.8 Å². The number of oxazole rings is 1. The van der Waals surface area contributed by atoms with Crippen molar-refractivity contribution in [2.75, 3.05) is 26.2 Å². The average Bonchev–Trinajstić information content (AvgIpc) is 3.24. The van der Waals surface area contributed by atoms with Crippen LogP contribution in [-0.4, -0.2) is 53.1 Å². The molecule has 0 amide bonds. The van der Waals surface area contributed by atoms with Crippen LogP contribution in [0.3, 0.4) is 0 Å².